The molecule has 2 aliphatic heterocycles. The van der Waals surface area contributed by atoms with Gasteiger partial charge in [-0.05, 0) is 152 Å². The van der Waals surface area contributed by atoms with Crippen LogP contribution >= 0.6 is 0 Å². The molecule has 5 fully saturated rings. The Kier molecular flexibility index (Phi) is 17.9. The van der Waals surface area contributed by atoms with E-state index in [2.05, 4.69) is 78.5 Å². The molecule has 2 saturated heterocycles. The van der Waals surface area contributed by atoms with Crippen LogP contribution in [0.1, 0.15) is 143 Å². The third kappa shape index (κ3) is 13.3. The molecule has 9 atom stereocenters. The highest BCUT2D eigenvalue weighted by Gasteiger charge is 2.68. The van der Waals surface area contributed by atoms with Crippen molar-refractivity contribution in [2.75, 3.05) is 19.6 Å². The number of carbonyl (C=O) groups excluding carboxylic acids is 6. The minimum absolute atomic E-state index is 0.0795. The van der Waals surface area contributed by atoms with Crippen molar-refractivity contribution in [1.82, 2.24) is 31.5 Å². The molecule has 5 aliphatic rings. The molecule has 0 aromatic heterocycles. The number of nitrogens with one attached hydrogen (secondary N) is 5. The van der Waals surface area contributed by atoms with Gasteiger partial charge in [0, 0.05) is 31.1 Å². The summed E-state index contributed by atoms with van der Waals surface area (Å²) < 4.78 is 18.3. The molecular weight excluding hydrogens is 891 g/mol. The van der Waals surface area contributed by atoms with E-state index in [0.717, 1.165) is 43.2 Å². The lowest BCUT2D eigenvalue weighted by Gasteiger charge is -2.64. The maximum atomic E-state index is 14.0. The van der Waals surface area contributed by atoms with Gasteiger partial charge in [0.2, 0.25) is 23.6 Å². The van der Waals surface area contributed by atoms with E-state index in [1.165, 1.54) is 19.4 Å². The smallest absolute Gasteiger partial charge is 0.444 e. The Balaban J connectivity index is 0.994. The Labute approximate surface area is 415 Å². The van der Waals surface area contributed by atoms with Gasteiger partial charge in [0.1, 0.15) is 23.7 Å². The highest BCUT2D eigenvalue weighted by atomic mass is 16.7. The van der Waals surface area contributed by atoms with Crippen LogP contribution in [-0.2, 0) is 39.6 Å². The fraction of sp³-hybridized carbons (Fsp3) is 0.660. The van der Waals surface area contributed by atoms with E-state index in [-0.39, 0.29) is 30.4 Å². The summed E-state index contributed by atoms with van der Waals surface area (Å²) in [6, 6.07) is 12.5. The van der Waals surface area contributed by atoms with Gasteiger partial charge in [-0.15, -0.1) is 0 Å². The number of piperidine rings is 1. The van der Waals surface area contributed by atoms with Crippen molar-refractivity contribution in [3.8, 4) is 11.1 Å². The SMILES string of the molecule is CCCCc1ccc(-c2ccc(C(=O)N3CCC(C(=O)N[C@H](C(=O)N[C@@H](C)C(=O)N[C@@H](CCCCNC(=O)OC(C)(C)C)C(=O)N[C@@H](C)B4OC5C[C@@H]6C[C@@H](C6(C)C)[C@]5(C)O4)[C@@H](C)O)CC3)cc2)cc1. The third-order valence-corrected chi connectivity index (χ3v) is 15.2. The van der Waals surface area contributed by atoms with Crippen molar-refractivity contribution in [3.63, 3.8) is 0 Å². The highest BCUT2D eigenvalue weighted by molar-refractivity contribution is 6.47. The zero-order valence-corrected chi connectivity index (χ0v) is 43.2. The summed E-state index contributed by atoms with van der Waals surface area (Å²) in [5.74, 6) is -2.61. The summed E-state index contributed by atoms with van der Waals surface area (Å²) in [7, 11) is -0.683. The minimum atomic E-state index is -1.38. The van der Waals surface area contributed by atoms with E-state index in [0.29, 0.717) is 56.2 Å². The number of hydrogen-bond donors (Lipinski definition) is 6. The lowest BCUT2D eigenvalue weighted by atomic mass is 9.43. The zero-order chi connectivity index (χ0) is 51.1. The normalized spacial score (nSPS) is 23.8. The van der Waals surface area contributed by atoms with E-state index < -0.39 is 84.1 Å². The summed E-state index contributed by atoms with van der Waals surface area (Å²) in [6.07, 6.45) is 5.27. The first-order chi connectivity index (χ1) is 33.0. The van der Waals surface area contributed by atoms with Crippen molar-refractivity contribution in [2.45, 2.75) is 181 Å². The Morgan fingerprint density at radius 2 is 1.47 bits per heavy atom. The number of hydrogen-bond acceptors (Lipinski definition) is 10. The fourth-order valence-electron chi connectivity index (χ4n) is 10.7. The molecule has 6 amide bonds. The van der Waals surface area contributed by atoms with Crippen LogP contribution in [0.15, 0.2) is 48.5 Å². The van der Waals surface area contributed by atoms with Crippen molar-refractivity contribution < 1.29 is 47.9 Å². The highest BCUT2D eigenvalue weighted by Crippen LogP contribution is 2.65. The summed E-state index contributed by atoms with van der Waals surface area (Å²) in [5, 5.41) is 24.5. The van der Waals surface area contributed by atoms with Crippen LogP contribution in [0.4, 0.5) is 4.79 Å². The number of nitrogens with zero attached hydrogens (tertiary/aromatic N) is 1. The average Bonchev–Trinajstić information content (AvgIpc) is 3.69. The number of rotatable bonds is 20. The monoisotopic (exact) mass is 971 g/mol. The number of carbonyl (C=O) groups is 6. The van der Waals surface area contributed by atoms with Crippen LogP contribution < -0.4 is 26.6 Å². The molecule has 6 N–H and O–H groups in total. The standard InChI is InChI=1S/C53H79BN6O10/c1-11-12-15-35-17-19-36(20-18-35)37-21-23-39(24-22-37)49(66)60-28-25-38(26-29-60)46(63)59-44(33(3)61)48(65)56-32(2)45(62)58-41(16-13-14-27-55-50(67)68-51(5,6)7)47(64)57-34(4)54-69-43-31-40-30-42(52(40,8)9)53(43,10)70-54/h17-24,32-34,38,40-44,61H,11-16,25-31H2,1-10H3,(H,55,67)(H,56,65)(H,57,64)(H,58,62)(H,59,63)/t32-,33+,34-,40-,41-,42-,43?,44-,53-/m0/s1. The quantitative estimate of drug-likeness (QED) is 0.0686. The first-order valence-electron chi connectivity index (χ1n) is 25.7. The number of ether oxygens (including phenoxy) is 1. The number of aliphatic hydroxyl groups is 1. The Bertz CT molecular complexity index is 2160. The second-order valence-corrected chi connectivity index (χ2v) is 22.0. The topological polar surface area (TPSA) is 214 Å². The van der Waals surface area contributed by atoms with Crippen LogP contribution in [-0.4, -0.2) is 120 Å². The van der Waals surface area contributed by atoms with Gasteiger partial charge in [0.15, 0.2) is 0 Å². The molecule has 17 heteroatoms. The number of aliphatic hydroxyl groups excluding tert-OH is 1. The van der Waals surface area contributed by atoms with Gasteiger partial charge in [-0.25, -0.2) is 4.79 Å². The Morgan fingerprint density at radius 3 is 2.07 bits per heavy atom. The molecule has 16 nitrogen and oxygen atoms in total. The molecule has 2 heterocycles. The maximum absolute atomic E-state index is 14.0. The maximum Gasteiger partial charge on any atom is 0.481 e. The number of benzene rings is 2. The van der Waals surface area contributed by atoms with Crippen LogP contribution in [0.2, 0.25) is 0 Å². The average molecular weight is 971 g/mol. The Hall–Kier alpha value is -5.00. The molecule has 1 unspecified atom stereocenters. The van der Waals surface area contributed by atoms with Crippen molar-refractivity contribution >= 4 is 42.7 Å². The predicted octanol–water partition coefficient (Wildman–Crippen LogP) is 5.87. The fourth-order valence-corrected chi connectivity index (χ4v) is 10.7. The van der Waals surface area contributed by atoms with Crippen LogP contribution in [0.5, 0.6) is 0 Å². The molecule has 2 aromatic rings. The minimum Gasteiger partial charge on any atom is -0.444 e. The molecule has 384 valence electrons. The first-order valence-corrected chi connectivity index (χ1v) is 25.7. The number of likely N-dealkylation sites (tertiary alicyclic amines) is 1. The summed E-state index contributed by atoms with van der Waals surface area (Å²) in [5.41, 5.74) is 2.99. The molecule has 0 spiro atoms. The van der Waals surface area contributed by atoms with Gasteiger partial charge in [0.25, 0.3) is 5.91 Å². The summed E-state index contributed by atoms with van der Waals surface area (Å²) >= 11 is 0. The zero-order valence-electron chi connectivity index (χ0n) is 43.2. The van der Waals surface area contributed by atoms with Gasteiger partial charge in [-0.2, -0.15) is 0 Å². The van der Waals surface area contributed by atoms with Crippen LogP contribution in [0.3, 0.4) is 0 Å². The lowest BCUT2D eigenvalue weighted by molar-refractivity contribution is -0.199. The molecule has 3 aliphatic carbocycles. The van der Waals surface area contributed by atoms with Gasteiger partial charge < -0.3 is 50.6 Å². The van der Waals surface area contributed by atoms with Gasteiger partial charge in [0.05, 0.1) is 23.8 Å². The predicted molar refractivity (Wildman–Crippen MR) is 268 cm³/mol. The molecule has 7 rings (SSSR count). The number of alkyl carbamates (subject to hydrolysis) is 1. The Morgan fingerprint density at radius 1 is 0.829 bits per heavy atom. The van der Waals surface area contributed by atoms with E-state index in [1.807, 2.05) is 31.2 Å². The van der Waals surface area contributed by atoms with Crippen LogP contribution in [0.25, 0.3) is 11.1 Å². The second kappa shape index (κ2) is 23.0. The van der Waals surface area contributed by atoms with E-state index >= 15 is 0 Å². The third-order valence-electron chi connectivity index (χ3n) is 15.2. The molecular formula is C53H79BN6O10. The van der Waals surface area contributed by atoms with Crippen molar-refractivity contribution in [3.05, 3.63) is 59.7 Å². The lowest BCUT2D eigenvalue weighted by Crippen LogP contribution is -2.65. The largest absolute Gasteiger partial charge is 0.481 e. The van der Waals surface area contributed by atoms with E-state index in [4.69, 9.17) is 14.0 Å². The van der Waals surface area contributed by atoms with Gasteiger partial charge in [-0.1, -0.05) is 63.6 Å². The second-order valence-electron chi connectivity index (χ2n) is 22.0. The van der Waals surface area contributed by atoms with Crippen LogP contribution in [0, 0.1) is 23.2 Å². The molecule has 2 bridgehead atoms. The van der Waals surface area contributed by atoms with E-state index in [9.17, 15) is 33.9 Å². The van der Waals surface area contributed by atoms with Gasteiger partial charge >= 0.3 is 13.2 Å². The molecule has 70 heavy (non-hydrogen) atoms. The van der Waals surface area contributed by atoms with Gasteiger partial charge in [-0.3, -0.25) is 24.0 Å². The molecule has 0 radical (unpaired) electrons. The summed E-state index contributed by atoms with van der Waals surface area (Å²) in [4.78, 5) is 82.2. The molecule has 2 aromatic carbocycles. The first kappa shape index (κ1) is 54.3. The number of amides is 6. The summed E-state index contributed by atoms with van der Waals surface area (Å²) in [6.45, 7) is 19.8. The van der Waals surface area contributed by atoms with Crippen molar-refractivity contribution in [1.29, 1.82) is 0 Å². The van der Waals surface area contributed by atoms with E-state index in [1.54, 1.807) is 25.7 Å². The number of aryl methyl sites for hydroxylation is 1. The van der Waals surface area contributed by atoms with Crippen molar-refractivity contribution in [2.24, 2.45) is 23.2 Å². The number of unbranched alkanes of at least 4 members (excludes halogenated alkanes) is 2. The molecule has 3 saturated carbocycles.